The highest BCUT2D eigenvalue weighted by atomic mass is 15.1. The molecule has 6 heteroatoms. The van der Waals surface area contributed by atoms with Crippen LogP contribution in [0.2, 0.25) is 0 Å². The predicted octanol–water partition coefficient (Wildman–Crippen LogP) is 2.87. The third-order valence-corrected chi connectivity index (χ3v) is 3.82. The van der Waals surface area contributed by atoms with E-state index in [0.717, 1.165) is 35.6 Å². The van der Waals surface area contributed by atoms with Crippen molar-refractivity contribution in [2.24, 2.45) is 0 Å². The van der Waals surface area contributed by atoms with Crippen molar-refractivity contribution in [2.45, 2.75) is 6.42 Å². The summed E-state index contributed by atoms with van der Waals surface area (Å²) in [6.45, 7) is 0.797. The molecule has 0 unspecified atom stereocenters. The Balaban J connectivity index is 1.51. The molecular formula is C18H16N6. The summed E-state index contributed by atoms with van der Waals surface area (Å²) < 4.78 is 1.96. The third-order valence-electron chi connectivity index (χ3n) is 3.82. The van der Waals surface area contributed by atoms with Crippen molar-refractivity contribution in [1.29, 1.82) is 0 Å². The number of pyridine rings is 1. The van der Waals surface area contributed by atoms with Gasteiger partial charge in [0.15, 0.2) is 0 Å². The molecule has 0 saturated heterocycles. The number of nitrogens with zero attached hydrogens (tertiary/aromatic N) is 5. The molecule has 0 aliphatic carbocycles. The maximum atomic E-state index is 4.40. The first kappa shape index (κ1) is 14.3. The molecule has 0 radical (unpaired) electrons. The summed E-state index contributed by atoms with van der Waals surface area (Å²) in [6.07, 6.45) is 7.88. The second kappa shape index (κ2) is 6.45. The average Bonchev–Trinajstić information content (AvgIpc) is 3.07. The van der Waals surface area contributed by atoms with E-state index in [0.29, 0.717) is 0 Å². The normalized spacial score (nSPS) is 10.8. The number of hydrogen-bond donors (Lipinski definition) is 1. The Kier molecular flexibility index (Phi) is 3.85. The number of benzene rings is 1. The summed E-state index contributed by atoms with van der Waals surface area (Å²) in [4.78, 5) is 17.1. The number of fused-ring (bicyclic) bond motifs is 1. The second-order valence-corrected chi connectivity index (χ2v) is 5.40. The van der Waals surface area contributed by atoms with E-state index in [4.69, 9.17) is 0 Å². The Morgan fingerprint density at radius 3 is 2.75 bits per heavy atom. The average molecular weight is 316 g/mol. The van der Waals surface area contributed by atoms with E-state index in [1.807, 2.05) is 59.4 Å². The molecule has 1 N–H and O–H groups in total. The van der Waals surface area contributed by atoms with Gasteiger partial charge in [-0.1, -0.05) is 12.1 Å². The lowest BCUT2D eigenvalue weighted by molar-refractivity contribution is 0.967. The maximum absolute atomic E-state index is 4.40. The van der Waals surface area contributed by atoms with Crippen LogP contribution >= 0.6 is 0 Å². The van der Waals surface area contributed by atoms with Crippen LogP contribution in [0.3, 0.4) is 0 Å². The van der Waals surface area contributed by atoms with E-state index in [1.54, 1.807) is 12.7 Å². The molecule has 4 aromatic rings. The van der Waals surface area contributed by atoms with Crippen molar-refractivity contribution in [3.8, 4) is 5.82 Å². The summed E-state index contributed by atoms with van der Waals surface area (Å²) in [7, 11) is 0. The number of aromatic nitrogens is 5. The van der Waals surface area contributed by atoms with Crippen LogP contribution in [0.5, 0.6) is 0 Å². The lowest BCUT2D eigenvalue weighted by Gasteiger charge is -2.08. The van der Waals surface area contributed by atoms with Crippen LogP contribution in [0.25, 0.3) is 16.9 Å². The van der Waals surface area contributed by atoms with E-state index < -0.39 is 0 Å². The zero-order valence-corrected chi connectivity index (χ0v) is 13.0. The molecule has 3 heterocycles. The zero-order valence-electron chi connectivity index (χ0n) is 13.0. The van der Waals surface area contributed by atoms with Crippen molar-refractivity contribution in [2.75, 3.05) is 11.9 Å². The molecule has 1 aromatic carbocycles. The Hall–Kier alpha value is -3.28. The summed E-state index contributed by atoms with van der Waals surface area (Å²) in [5.41, 5.74) is 3.22. The van der Waals surface area contributed by atoms with Crippen molar-refractivity contribution in [3.63, 3.8) is 0 Å². The van der Waals surface area contributed by atoms with Gasteiger partial charge in [0.25, 0.3) is 0 Å². The van der Waals surface area contributed by atoms with Gasteiger partial charge in [-0.25, -0.2) is 15.0 Å². The molecule has 0 saturated carbocycles. The Morgan fingerprint density at radius 1 is 0.958 bits per heavy atom. The van der Waals surface area contributed by atoms with Gasteiger partial charge in [-0.05, 0) is 36.2 Å². The molecule has 6 nitrogen and oxygen atoms in total. The van der Waals surface area contributed by atoms with Gasteiger partial charge in [0, 0.05) is 25.0 Å². The third kappa shape index (κ3) is 2.94. The van der Waals surface area contributed by atoms with Crippen molar-refractivity contribution in [1.82, 2.24) is 24.5 Å². The molecule has 0 aliphatic rings. The minimum Gasteiger partial charge on any atom is -0.370 e. The van der Waals surface area contributed by atoms with E-state index in [9.17, 15) is 0 Å². The van der Waals surface area contributed by atoms with Crippen LogP contribution in [-0.4, -0.2) is 31.0 Å². The van der Waals surface area contributed by atoms with E-state index in [2.05, 4.69) is 25.3 Å². The topological polar surface area (TPSA) is 68.5 Å². The molecule has 24 heavy (non-hydrogen) atoms. The molecule has 0 spiro atoms. The Morgan fingerprint density at radius 2 is 1.83 bits per heavy atom. The van der Waals surface area contributed by atoms with Crippen LogP contribution in [0, 0.1) is 0 Å². The minimum atomic E-state index is 0.796. The Labute approximate surface area is 139 Å². The van der Waals surface area contributed by atoms with Gasteiger partial charge < -0.3 is 5.32 Å². The van der Waals surface area contributed by atoms with Crippen LogP contribution in [0.15, 0.2) is 67.5 Å². The molecule has 118 valence electrons. The quantitative estimate of drug-likeness (QED) is 0.613. The van der Waals surface area contributed by atoms with Crippen LogP contribution in [0.1, 0.15) is 5.56 Å². The van der Waals surface area contributed by atoms with Gasteiger partial charge in [-0.2, -0.15) is 0 Å². The fraction of sp³-hybridized carbons (Fsp3) is 0.111. The minimum absolute atomic E-state index is 0.796. The summed E-state index contributed by atoms with van der Waals surface area (Å²) >= 11 is 0. The Bertz CT molecular complexity index is 948. The van der Waals surface area contributed by atoms with Gasteiger partial charge in [0.1, 0.15) is 24.3 Å². The van der Waals surface area contributed by atoms with Crippen LogP contribution in [0.4, 0.5) is 5.82 Å². The lowest BCUT2D eigenvalue weighted by atomic mass is 10.2. The van der Waals surface area contributed by atoms with Crippen molar-refractivity contribution >= 4 is 16.9 Å². The molecule has 0 fully saturated rings. The summed E-state index contributed by atoms with van der Waals surface area (Å²) in [5, 5.41) is 3.34. The van der Waals surface area contributed by atoms with Crippen molar-refractivity contribution in [3.05, 3.63) is 73.1 Å². The SMILES string of the molecule is c1ccc2c(c1)ncn2-c1cc(NCCc2ccncc2)ncn1. The number of anilines is 1. The number of nitrogens with one attached hydrogen (secondary N) is 1. The maximum Gasteiger partial charge on any atom is 0.143 e. The first-order valence-electron chi connectivity index (χ1n) is 7.77. The molecule has 4 rings (SSSR count). The highest BCUT2D eigenvalue weighted by Gasteiger charge is 2.06. The molecular weight excluding hydrogens is 300 g/mol. The fourth-order valence-electron chi connectivity index (χ4n) is 2.60. The summed E-state index contributed by atoms with van der Waals surface area (Å²) in [5.74, 6) is 1.59. The van der Waals surface area contributed by atoms with Crippen molar-refractivity contribution < 1.29 is 0 Å². The van der Waals surface area contributed by atoms with Gasteiger partial charge in [0.05, 0.1) is 11.0 Å². The monoisotopic (exact) mass is 316 g/mol. The molecule has 0 aliphatic heterocycles. The predicted molar refractivity (Wildman–Crippen MR) is 93.1 cm³/mol. The van der Waals surface area contributed by atoms with Gasteiger partial charge in [-0.15, -0.1) is 0 Å². The number of hydrogen-bond acceptors (Lipinski definition) is 5. The number of imidazole rings is 1. The molecule has 3 aromatic heterocycles. The highest BCUT2D eigenvalue weighted by molar-refractivity contribution is 5.76. The van der Waals surface area contributed by atoms with E-state index >= 15 is 0 Å². The molecule has 0 bridgehead atoms. The van der Waals surface area contributed by atoms with E-state index in [-0.39, 0.29) is 0 Å². The van der Waals surface area contributed by atoms with Gasteiger partial charge in [-0.3, -0.25) is 9.55 Å². The second-order valence-electron chi connectivity index (χ2n) is 5.40. The largest absolute Gasteiger partial charge is 0.370 e. The summed E-state index contributed by atoms with van der Waals surface area (Å²) in [6, 6.07) is 14.0. The van der Waals surface area contributed by atoms with Crippen LogP contribution in [-0.2, 0) is 6.42 Å². The van der Waals surface area contributed by atoms with Gasteiger partial charge >= 0.3 is 0 Å². The zero-order chi connectivity index (χ0) is 16.2. The standard InChI is InChI=1S/C18H16N6/c1-2-4-16-15(3-1)23-13-24(16)18-11-17(21-12-22-18)20-10-7-14-5-8-19-9-6-14/h1-6,8-9,11-13H,7,10H2,(H,20,21,22). The fourth-order valence-corrected chi connectivity index (χ4v) is 2.60. The molecule has 0 amide bonds. The highest BCUT2D eigenvalue weighted by Crippen LogP contribution is 2.17. The first-order valence-corrected chi connectivity index (χ1v) is 7.77. The van der Waals surface area contributed by atoms with E-state index in [1.165, 1.54) is 5.56 Å². The van der Waals surface area contributed by atoms with Gasteiger partial charge in [0.2, 0.25) is 0 Å². The smallest absolute Gasteiger partial charge is 0.143 e. The number of para-hydroxylation sites is 2. The number of rotatable bonds is 5. The first-order chi connectivity index (χ1) is 11.9. The van der Waals surface area contributed by atoms with Crippen LogP contribution < -0.4 is 5.32 Å². The molecule has 0 atom stereocenters. The lowest BCUT2D eigenvalue weighted by Crippen LogP contribution is -2.07.